The Labute approximate surface area is 128 Å². The molecular weight excluding hydrogens is 318 g/mol. The number of rotatable bonds is 2. The standard InChI is InChI=1S/C15H22BrN3O/c1-9(2)18-8-12(16)5-13(18)15(20)19-10(3)4-11-6-17-7-14(11)19/h5,8-11,14,17H,4,6-7H2,1-3H3. The van der Waals surface area contributed by atoms with Crippen molar-refractivity contribution in [1.82, 2.24) is 14.8 Å². The van der Waals surface area contributed by atoms with Gasteiger partial charge in [-0.3, -0.25) is 4.79 Å². The summed E-state index contributed by atoms with van der Waals surface area (Å²) in [6, 6.07) is 2.95. The van der Waals surface area contributed by atoms with Gasteiger partial charge in [-0.2, -0.15) is 0 Å². The van der Waals surface area contributed by atoms with E-state index in [2.05, 4.69) is 51.5 Å². The van der Waals surface area contributed by atoms with Gasteiger partial charge in [-0.25, -0.2) is 0 Å². The first-order chi connectivity index (χ1) is 9.49. The topological polar surface area (TPSA) is 37.3 Å². The van der Waals surface area contributed by atoms with E-state index in [-0.39, 0.29) is 11.9 Å². The van der Waals surface area contributed by atoms with Gasteiger partial charge < -0.3 is 14.8 Å². The van der Waals surface area contributed by atoms with Crippen molar-refractivity contribution >= 4 is 21.8 Å². The molecule has 110 valence electrons. The van der Waals surface area contributed by atoms with Gasteiger partial charge in [-0.05, 0) is 55.1 Å². The van der Waals surface area contributed by atoms with E-state index < -0.39 is 0 Å². The smallest absolute Gasteiger partial charge is 0.271 e. The number of likely N-dealkylation sites (tertiary alicyclic amines) is 1. The molecule has 1 N–H and O–H groups in total. The molecule has 1 amide bonds. The number of fused-ring (bicyclic) bond motifs is 1. The Balaban J connectivity index is 1.92. The second-order valence-electron chi connectivity index (χ2n) is 6.33. The highest BCUT2D eigenvalue weighted by Gasteiger charge is 2.44. The lowest BCUT2D eigenvalue weighted by atomic mass is 10.0. The zero-order valence-corrected chi connectivity index (χ0v) is 13.9. The van der Waals surface area contributed by atoms with Crippen molar-refractivity contribution in [1.29, 1.82) is 0 Å². The second kappa shape index (κ2) is 5.19. The van der Waals surface area contributed by atoms with E-state index in [9.17, 15) is 4.79 Å². The first kappa shape index (κ1) is 14.1. The van der Waals surface area contributed by atoms with Gasteiger partial charge in [-0.15, -0.1) is 0 Å². The van der Waals surface area contributed by atoms with Crippen LogP contribution in [0.5, 0.6) is 0 Å². The van der Waals surface area contributed by atoms with Crippen molar-refractivity contribution in [3.63, 3.8) is 0 Å². The lowest BCUT2D eigenvalue weighted by Gasteiger charge is -2.28. The average Bonchev–Trinajstić information content (AvgIpc) is 3.02. The van der Waals surface area contributed by atoms with E-state index in [4.69, 9.17) is 0 Å². The van der Waals surface area contributed by atoms with E-state index in [1.807, 2.05) is 12.3 Å². The van der Waals surface area contributed by atoms with E-state index in [1.54, 1.807) is 0 Å². The zero-order chi connectivity index (χ0) is 14.4. The van der Waals surface area contributed by atoms with Crippen LogP contribution in [0.4, 0.5) is 0 Å². The van der Waals surface area contributed by atoms with Crippen LogP contribution in [0.25, 0.3) is 0 Å². The summed E-state index contributed by atoms with van der Waals surface area (Å²) < 4.78 is 3.04. The molecule has 0 bridgehead atoms. The molecule has 0 saturated carbocycles. The maximum Gasteiger partial charge on any atom is 0.271 e. The van der Waals surface area contributed by atoms with Gasteiger partial charge in [-0.1, -0.05) is 0 Å². The van der Waals surface area contributed by atoms with Crippen molar-refractivity contribution in [3.05, 3.63) is 22.4 Å². The van der Waals surface area contributed by atoms with Crippen LogP contribution in [0.1, 0.15) is 43.7 Å². The molecular formula is C15H22BrN3O. The van der Waals surface area contributed by atoms with Crippen LogP contribution >= 0.6 is 15.9 Å². The van der Waals surface area contributed by atoms with Gasteiger partial charge in [0.05, 0.1) is 0 Å². The quantitative estimate of drug-likeness (QED) is 0.899. The minimum atomic E-state index is 0.174. The molecule has 3 unspecified atom stereocenters. The number of carbonyl (C=O) groups excluding carboxylic acids is 1. The molecule has 0 radical (unpaired) electrons. The number of nitrogens with one attached hydrogen (secondary N) is 1. The van der Waals surface area contributed by atoms with E-state index >= 15 is 0 Å². The molecule has 3 rings (SSSR count). The van der Waals surface area contributed by atoms with Crippen molar-refractivity contribution in [2.45, 2.75) is 45.3 Å². The van der Waals surface area contributed by atoms with Crippen molar-refractivity contribution < 1.29 is 4.79 Å². The average molecular weight is 340 g/mol. The fourth-order valence-electron chi connectivity index (χ4n) is 3.69. The lowest BCUT2D eigenvalue weighted by Crippen LogP contribution is -2.43. The Kier molecular flexibility index (Phi) is 3.67. The summed E-state index contributed by atoms with van der Waals surface area (Å²) in [4.78, 5) is 15.1. The molecule has 2 aliphatic rings. The maximum atomic E-state index is 13.0. The van der Waals surface area contributed by atoms with Crippen LogP contribution in [0.15, 0.2) is 16.7 Å². The van der Waals surface area contributed by atoms with E-state index in [0.717, 1.165) is 29.7 Å². The fourth-order valence-corrected chi connectivity index (χ4v) is 4.13. The third kappa shape index (κ3) is 2.21. The lowest BCUT2D eigenvalue weighted by molar-refractivity contribution is 0.0669. The predicted octanol–water partition coefficient (Wildman–Crippen LogP) is 2.65. The highest BCUT2D eigenvalue weighted by atomic mass is 79.9. The minimum Gasteiger partial charge on any atom is -0.340 e. The molecule has 2 fully saturated rings. The number of hydrogen-bond acceptors (Lipinski definition) is 2. The van der Waals surface area contributed by atoms with Gasteiger partial charge >= 0.3 is 0 Å². The maximum absolute atomic E-state index is 13.0. The van der Waals surface area contributed by atoms with Crippen molar-refractivity contribution in [3.8, 4) is 0 Å². The normalized spacial score (nSPS) is 29.2. The summed E-state index contributed by atoms with van der Waals surface area (Å²) in [5.74, 6) is 0.799. The summed E-state index contributed by atoms with van der Waals surface area (Å²) in [5, 5.41) is 3.41. The van der Waals surface area contributed by atoms with Crippen LogP contribution in [-0.4, -0.2) is 40.5 Å². The molecule has 1 aromatic heterocycles. The highest BCUT2D eigenvalue weighted by Crippen LogP contribution is 2.34. The SMILES string of the molecule is CC1CC2CNCC2N1C(=O)c1cc(Br)cn1C(C)C. The van der Waals surface area contributed by atoms with Crippen LogP contribution in [-0.2, 0) is 0 Å². The number of aromatic nitrogens is 1. The third-order valence-electron chi connectivity index (χ3n) is 4.61. The molecule has 0 spiro atoms. The summed E-state index contributed by atoms with van der Waals surface area (Å²) in [5.41, 5.74) is 0.797. The third-order valence-corrected chi connectivity index (χ3v) is 5.04. The fraction of sp³-hybridized carbons (Fsp3) is 0.667. The first-order valence-corrected chi connectivity index (χ1v) is 8.19. The number of hydrogen-bond donors (Lipinski definition) is 1. The minimum absolute atomic E-state index is 0.174. The van der Waals surface area contributed by atoms with Crippen LogP contribution in [0.3, 0.4) is 0 Å². The molecule has 0 aromatic carbocycles. The molecule has 2 aliphatic heterocycles. The summed E-state index contributed by atoms with van der Waals surface area (Å²) in [7, 11) is 0. The van der Waals surface area contributed by atoms with E-state index in [1.165, 1.54) is 0 Å². The van der Waals surface area contributed by atoms with Gasteiger partial charge in [0.1, 0.15) is 5.69 Å². The van der Waals surface area contributed by atoms with Crippen LogP contribution in [0.2, 0.25) is 0 Å². The summed E-state index contributed by atoms with van der Waals surface area (Å²) >= 11 is 3.50. The van der Waals surface area contributed by atoms with E-state index in [0.29, 0.717) is 18.0 Å². The summed E-state index contributed by atoms with van der Waals surface area (Å²) in [6.45, 7) is 8.37. The number of halogens is 1. The molecule has 20 heavy (non-hydrogen) atoms. The molecule has 5 heteroatoms. The molecule has 3 heterocycles. The number of carbonyl (C=O) groups is 1. The monoisotopic (exact) mass is 339 g/mol. The van der Waals surface area contributed by atoms with Crippen molar-refractivity contribution in [2.24, 2.45) is 5.92 Å². The van der Waals surface area contributed by atoms with Gasteiger partial charge in [0.15, 0.2) is 0 Å². The zero-order valence-electron chi connectivity index (χ0n) is 12.3. The molecule has 3 atom stereocenters. The Morgan fingerprint density at radius 3 is 2.90 bits per heavy atom. The van der Waals surface area contributed by atoms with Crippen LogP contribution < -0.4 is 5.32 Å². The van der Waals surface area contributed by atoms with Crippen LogP contribution in [0, 0.1) is 5.92 Å². The Morgan fingerprint density at radius 2 is 2.20 bits per heavy atom. The Morgan fingerprint density at radius 1 is 1.45 bits per heavy atom. The first-order valence-electron chi connectivity index (χ1n) is 7.39. The van der Waals surface area contributed by atoms with Gasteiger partial charge in [0, 0.05) is 41.9 Å². The van der Waals surface area contributed by atoms with Gasteiger partial charge in [0.2, 0.25) is 0 Å². The molecule has 4 nitrogen and oxygen atoms in total. The summed E-state index contributed by atoms with van der Waals surface area (Å²) in [6.07, 6.45) is 3.12. The van der Waals surface area contributed by atoms with Crippen molar-refractivity contribution in [2.75, 3.05) is 13.1 Å². The number of amides is 1. The Hall–Kier alpha value is -0.810. The highest BCUT2D eigenvalue weighted by molar-refractivity contribution is 9.10. The Bertz CT molecular complexity index is 525. The van der Waals surface area contributed by atoms with Gasteiger partial charge in [0.25, 0.3) is 5.91 Å². The molecule has 1 aromatic rings. The largest absolute Gasteiger partial charge is 0.340 e. The second-order valence-corrected chi connectivity index (χ2v) is 7.24. The molecule has 2 saturated heterocycles. The predicted molar refractivity (Wildman–Crippen MR) is 82.9 cm³/mol. The number of nitrogens with zero attached hydrogens (tertiary/aromatic N) is 2. The molecule has 0 aliphatic carbocycles.